The van der Waals surface area contributed by atoms with Crippen molar-refractivity contribution in [3.8, 4) is 5.88 Å². The van der Waals surface area contributed by atoms with Crippen LogP contribution in [0.1, 0.15) is 17.2 Å². The van der Waals surface area contributed by atoms with E-state index in [1.54, 1.807) is 6.07 Å². The summed E-state index contributed by atoms with van der Waals surface area (Å²) >= 11 is 0. The third kappa shape index (κ3) is 2.70. The maximum absolute atomic E-state index is 11.7. The molecular formula is C16H12N2O8S2. The van der Waals surface area contributed by atoms with E-state index in [0.29, 0.717) is 3.97 Å². The van der Waals surface area contributed by atoms with Gasteiger partial charge < -0.3 is 10.2 Å². The van der Waals surface area contributed by atoms with Gasteiger partial charge in [0, 0.05) is 10.9 Å². The second-order valence-electron chi connectivity index (χ2n) is 6.05. The van der Waals surface area contributed by atoms with Gasteiger partial charge in [-0.3, -0.25) is 9.11 Å². The van der Waals surface area contributed by atoms with Gasteiger partial charge >= 0.3 is 10.3 Å². The molecule has 0 amide bonds. The highest BCUT2D eigenvalue weighted by molar-refractivity contribution is 7.85. The van der Waals surface area contributed by atoms with E-state index in [-0.39, 0.29) is 33.4 Å². The van der Waals surface area contributed by atoms with Gasteiger partial charge in [0.1, 0.15) is 6.10 Å². The molecule has 1 atom stereocenters. The summed E-state index contributed by atoms with van der Waals surface area (Å²) in [5, 5.41) is 21.3. The lowest BCUT2D eigenvalue weighted by atomic mass is 10.0. The van der Waals surface area contributed by atoms with Crippen LogP contribution in [0.4, 0.5) is 5.69 Å². The molecule has 0 bridgehead atoms. The molecule has 0 spiro atoms. The topological polar surface area (TPSA) is 166 Å². The minimum atomic E-state index is -4.86. The summed E-state index contributed by atoms with van der Waals surface area (Å²) in [5.41, 5.74) is -0.0860. The van der Waals surface area contributed by atoms with Gasteiger partial charge in [0.05, 0.1) is 27.4 Å². The molecule has 1 aromatic heterocycles. The monoisotopic (exact) mass is 424 g/mol. The Labute approximate surface area is 158 Å². The van der Waals surface area contributed by atoms with E-state index in [1.165, 1.54) is 24.3 Å². The predicted octanol–water partition coefficient (Wildman–Crippen LogP) is 1.41. The van der Waals surface area contributed by atoms with E-state index in [0.717, 1.165) is 12.1 Å². The van der Waals surface area contributed by atoms with Crippen LogP contribution in [0.2, 0.25) is 0 Å². The molecule has 0 saturated carbocycles. The van der Waals surface area contributed by atoms with Crippen LogP contribution in [0.3, 0.4) is 0 Å². The van der Waals surface area contributed by atoms with Crippen molar-refractivity contribution in [3.63, 3.8) is 0 Å². The Bertz CT molecular complexity index is 1390. The number of hydrogen-bond acceptors (Lipinski definition) is 7. The van der Waals surface area contributed by atoms with Gasteiger partial charge in [0.15, 0.2) is 0 Å². The first-order valence-electron chi connectivity index (χ1n) is 7.69. The summed E-state index contributed by atoms with van der Waals surface area (Å²) in [6.45, 7) is 0. The Morgan fingerprint density at radius 3 is 2.32 bits per heavy atom. The summed E-state index contributed by atoms with van der Waals surface area (Å²) in [6, 6.07) is 9.25. The number of aliphatic hydroxyl groups excluding tert-OH is 1. The van der Waals surface area contributed by atoms with E-state index in [2.05, 4.69) is 4.99 Å². The largest absolute Gasteiger partial charge is 0.493 e. The van der Waals surface area contributed by atoms with Crippen molar-refractivity contribution < 1.29 is 36.2 Å². The average Bonchev–Trinajstić information content (AvgIpc) is 3.07. The Morgan fingerprint density at radius 2 is 1.68 bits per heavy atom. The third-order valence-electron chi connectivity index (χ3n) is 4.39. The van der Waals surface area contributed by atoms with Gasteiger partial charge in [-0.05, 0) is 24.3 Å². The van der Waals surface area contributed by atoms with Crippen LogP contribution in [0.15, 0.2) is 52.4 Å². The lowest BCUT2D eigenvalue weighted by Crippen LogP contribution is -2.12. The fraction of sp³-hybridized carbons (Fsp3) is 0.0625. The fourth-order valence-corrected chi connectivity index (χ4v) is 4.46. The molecule has 28 heavy (non-hydrogen) atoms. The van der Waals surface area contributed by atoms with Crippen LogP contribution in [0.5, 0.6) is 5.88 Å². The molecule has 12 heteroatoms. The van der Waals surface area contributed by atoms with Crippen molar-refractivity contribution >= 4 is 42.7 Å². The second kappa shape index (κ2) is 5.86. The van der Waals surface area contributed by atoms with Gasteiger partial charge in [-0.25, -0.2) is 4.99 Å². The Morgan fingerprint density at radius 1 is 1.00 bits per heavy atom. The number of aliphatic imine (C=N–C) groups is 1. The van der Waals surface area contributed by atoms with Gasteiger partial charge in [0.2, 0.25) is 5.88 Å². The van der Waals surface area contributed by atoms with E-state index in [4.69, 9.17) is 0 Å². The highest BCUT2D eigenvalue weighted by Crippen LogP contribution is 2.42. The van der Waals surface area contributed by atoms with E-state index in [9.17, 15) is 36.2 Å². The van der Waals surface area contributed by atoms with Gasteiger partial charge in [0.25, 0.3) is 10.1 Å². The molecule has 3 aromatic rings. The maximum atomic E-state index is 11.7. The van der Waals surface area contributed by atoms with Crippen molar-refractivity contribution in [2.75, 3.05) is 0 Å². The van der Waals surface area contributed by atoms with Gasteiger partial charge in [-0.15, -0.1) is 0 Å². The molecule has 10 nitrogen and oxygen atoms in total. The van der Waals surface area contributed by atoms with Crippen molar-refractivity contribution in [3.05, 3.63) is 53.6 Å². The molecule has 0 saturated heterocycles. The second-order valence-corrected chi connectivity index (χ2v) is 8.74. The van der Waals surface area contributed by atoms with Crippen LogP contribution >= 0.6 is 0 Å². The Kier molecular flexibility index (Phi) is 3.89. The van der Waals surface area contributed by atoms with E-state index < -0.39 is 37.3 Å². The molecule has 2 heterocycles. The molecule has 0 radical (unpaired) electrons. The summed E-state index contributed by atoms with van der Waals surface area (Å²) < 4.78 is 65.0. The normalized spacial score (nSPS) is 17.0. The number of fused-ring (bicyclic) bond motifs is 2. The zero-order chi connectivity index (χ0) is 20.4. The van der Waals surface area contributed by atoms with Crippen molar-refractivity contribution in [2.45, 2.75) is 11.0 Å². The van der Waals surface area contributed by atoms with Crippen LogP contribution in [0, 0.1) is 0 Å². The molecule has 1 aliphatic heterocycles. The first-order valence-corrected chi connectivity index (χ1v) is 10.5. The molecule has 0 fully saturated rings. The SMILES string of the molecule is O=S(=O)(O)c1ccc2c(c1)C(O)C(c1c(O)n(S(=O)(=O)O)c3ccccc13)=N2. The molecule has 4 rings (SSSR count). The van der Waals surface area contributed by atoms with E-state index >= 15 is 0 Å². The highest BCUT2D eigenvalue weighted by atomic mass is 32.2. The first kappa shape index (κ1) is 18.6. The Hall–Kier alpha value is -2.77. The predicted molar refractivity (Wildman–Crippen MR) is 98.0 cm³/mol. The van der Waals surface area contributed by atoms with Crippen molar-refractivity contribution in [1.82, 2.24) is 3.97 Å². The number of aliphatic hydroxyl groups is 1. The standard InChI is InChI=1S/C16H12N2O8S2/c19-15-10-7-8(27(21,22)23)5-6-11(10)17-14(15)13-9-3-1-2-4-12(9)18(16(13)20)28(24,25)26/h1-7,15,19-20H,(H,21,22,23)(H,24,25,26). The van der Waals surface area contributed by atoms with Crippen LogP contribution < -0.4 is 0 Å². The number of rotatable bonds is 3. The molecule has 1 unspecified atom stereocenters. The smallest absolute Gasteiger partial charge is 0.366 e. The minimum absolute atomic E-state index is 0.0398. The molecule has 146 valence electrons. The zero-order valence-electron chi connectivity index (χ0n) is 13.8. The van der Waals surface area contributed by atoms with Crippen molar-refractivity contribution in [1.29, 1.82) is 0 Å². The lowest BCUT2D eigenvalue weighted by molar-refractivity contribution is 0.251. The molecule has 0 aliphatic carbocycles. The quantitative estimate of drug-likeness (QED) is 0.458. The summed E-state index contributed by atoms with van der Waals surface area (Å²) in [4.78, 5) is 3.72. The number of aromatic hydroxyl groups is 1. The average molecular weight is 424 g/mol. The number of nitrogens with zero attached hydrogens (tertiary/aromatic N) is 2. The summed E-state index contributed by atoms with van der Waals surface area (Å²) in [5.74, 6) is -0.857. The van der Waals surface area contributed by atoms with Gasteiger partial charge in [-0.1, -0.05) is 18.2 Å². The minimum Gasteiger partial charge on any atom is -0.493 e. The summed E-state index contributed by atoms with van der Waals surface area (Å²) in [7, 11) is -9.38. The molecule has 1 aliphatic rings. The van der Waals surface area contributed by atoms with Crippen LogP contribution in [-0.4, -0.2) is 45.8 Å². The lowest BCUT2D eigenvalue weighted by Gasteiger charge is -2.09. The van der Waals surface area contributed by atoms with Gasteiger partial charge in [-0.2, -0.15) is 20.8 Å². The maximum Gasteiger partial charge on any atom is 0.366 e. The zero-order valence-corrected chi connectivity index (χ0v) is 15.4. The number of hydrogen-bond donors (Lipinski definition) is 4. The fourth-order valence-electron chi connectivity index (χ4n) is 3.23. The first-order chi connectivity index (χ1) is 13.0. The Balaban J connectivity index is 1.97. The molecule has 2 aromatic carbocycles. The number of benzene rings is 2. The number of aromatic nitrogens is 1. The highest BCUT2D eigenvalue weighted by Gasteiger charge is 2.34. The number of para-hydroxylation sites is 1. The molecule has 4 N–H and O–H groups in total. The third-order valence-corrected chi connectivity index (χ3v) is 6.07. The van der Waals surface area contributed by atoms with Crippen LogP contribution in [0.25, 0.3) is 10.9 Å². The van der Waals surface area contributed by atoms with Crippen molar-refractivity contribution in [2.24, 2.45) is 4.99 Å². The summed E-state index contributed by atoms with van der Waals surface area (Å²) in [6.07, 6.45) is -1.51. The van der Waals surface area contributed by atoms with E-state index in [1.807, 2.05) is 0 Å². The molecular weight excluding hydrogens is 412 g/mol. The van der Waals surface area contributed by atoms with Crippen LogP contribution in [-0.2, 0) is 20.4 Å².